The summed E-state index contributed by atoms with van der Waals surface area (Å²) in [6.45, 7) is 1.79. The van der Waals surface area contributed by atoms with Crippen LogP contribution in [0.2, 0.25) is 0 Å². The molecule has 5 rings (SSSR count). The van der Waals surface area contributed by atoms with Crippen molar-refractivity contribution >= 4 is 5.91 Å². The topological polar surface area (TPSA) is 84.2 Å². The maximum Gasteiger partial charge on any atom is 0.256 e. The molecule has 2 aromatic carbocycles. The molecule has 3 N–H and O–H groups in total. The Kier molecular flexibility index (Phi) is 5.43. The molecule has 3 aromatic rings. The van der Waals surface area contributed by atoms with E-state index in [1.807, 2.05) is 30.5 Å². The number of halogens is 1. The zero-order chi connectivity index (χ0) is 22.1. The van der Waals surface area contributed by atoms with Gasteiger partial charge in [0, 0.05) is 24.2 Å². The Balaban J connectivity index is 1.35. The lowest BCUT2D eigenvalue weighted by Crippen LogP contribution is -2.48. The standard InChI is InChI=1S/C25H27FN4O2/c26-22-7-6-20(32-19-4-2-17(3-5-19)9-12-27)14-21(22)24(31)30-13-1-10-25(16-30)11-8-18-15-28-29-23(18)25/h2-7,14-15H,1,8-13,16,27H2,(H,28,29). The molecule has 1 amide bonds. The maximum atomic E-state index is 14.7. The van der Waals surface area contributed by atoms with E-state index in [2.05, 4.69) is 10.2 Å². The van der Waals surface area contributed by atoms with Crippen LogP contribution < -0.4 is 10.5 Å². The lowest BCUT2D eigenvalue weighted by molar-refractivity contribution is 0.0628. The first-order chi connectivity index (χ1) is 15.6. The summed E-state index contributed by atoms with van der Waals surface area (Å²) in [7, 11) is 0. The molecule has 1 spiro atoms. The van der Waals surface area contributed by atoms with Crippen molar-refractivity contribution in [3.05, 3.63) is 76.9 Å². The van der Waals surface area contributed by atoms with Crippen LogP contribution in [0.25, 0.3) is 0 Å². The molecule has 1 saturated heterocycles. The quantitative estimate of drug-likeness (QED) is 0.637. The van der Waals surface area contributed by atoms with E-state index in [0.717, 1.165) is 43.4 Å². The van der Waals surface area contributed by atoms with E-state index in [1.54, 1.807) is 11.0 Å². The van der Waals surface area contributed by atoms with Crippen LogP contribution in [0, 0.1) is 5.82 Å². The molecule has 32 heavy (non-hydrogen) atoms. The maximum absolute atomic E-state index is 14.7. The van der Waals surface area contributed by atoms with Gasteiger partial charge in [0.15, 0.2) is 0 Å². The molecule has 166 valence electrons. The first-order valence-corrected chi connectivity index (χ1v) is 11.2. The monoisotopic (exact) mass is 434 g/mol. The van der Waals surface area contributed by atoms with Crippen LogP contribution in [0.4, 0.5) is 4.39 Å². The minimum atomic E-state index is -0.533. The molecule has 1 unspecified atom stereocenters. The number of ether oxygens (including phenoxy) is 1. The Hall–Kier alpha value is -3.19. The highest BCUT2D eigenvalue weighted by molar-refractivity contribution is 5.95. The van der Waals surface area contributed by atoms with Crippen LogP contribution in [0.5, 0.6) is 11.5 Å². The summed E-state index contributed by atoms with van der Waals surface area (Å²) in [6.07, 6.45) is 6.54. The number of nitrogens with two attached hydrogens (primary N) is 1. The zero-order valence-corrected chi connectivity index (χ0v) is 17.9. The van der Waals surface area contributed by atoms with Gasteiger partial charge in [-0.2, -0.15) is 5.10 Å². The smallest absolute Gasteiger partial charge is 0.256 e. The Morgan fingerprint density at radius 3 is 2.81 bits per heavy atom. The summed E-state index contributed by atoms with van der Waals surface area (Å²) in [5.74, 6) is 0.238. The summed E-state index contributed by atoms with van der Waals surface area (Å²) < 4.78 is 20.6. The first-order valence-electron chi connectivity index (χ1n) is 11.2. The van der Waals surface area contributed by atoms with E-state index in [4.69, 9.17) is 10.5 Å². The number of hydrogen-bond donors (Lipinski definition) is 2. The van der Waals surface area contributed by atoms with Gasteiger partial charge >= 0.3 is 0 Å². The predicted molar refractivity (Wildman–Crippen MR) is 119 cm³/mol. The molecule has 6 nitrogen and oxygen atoms in total. The molecule has 1 atom stereocenters. The number of amides is 1. The second-order valence-corrected chi connectivity index (χ2v) is 8.81. The van der Waals surface area contributed by atoms with Crippen molar-refractivity contribution in [1.82, 2.24) is 15.1 Å². The van der Waals surface area contributed by atoms with Crippen LogP contribution in [-0.4, -0.2) is 40.6 Å². The summed E-state index contributed by atoms with van der Waals surface area (Å²) in [5, 5.41) is 7.34. The number of carbonyl (C=O) groups excluding carboxylic acids is 1. The van der Waals surface area contributed by atoms with Crippen molar-refractivity contribution in [3.8, 4) is 11.5 Å². The molecule has 1 aliphatic heterocycles. The second kappa shape index (κ2) is 8.39. The van der Waals surface area contributed by atoms with Gasteiger partial charge in [-0.15, -0.1) is 0 Å². The second-order valence-electron chi connectivity index (χ2n) is 8.81. The fourth-order valence-electron chi connectivity index (χ4n) is 5.10. The number of aryl methyl sites for hydroxylation is 1. The van der Waals surface area contributed by atoms with Crippen molar-refractivity contribution in [2.24, 2.45) is 5.73 Å². The number of aromatic amines is 1. The number of likely N-dealkylation sites (tertiary alicyclic amines) is 1. The number of fused-ring (bicyclic) bond motifs is 2. The average Bonchev–Trinajstić information content (AvgIpc) is 3.41. The molecule has 1 aliphatic carbocycles. The minimum Gasteiger partial charge on any atom is -0.457 e. The molecule has 1 aromatic heterocycles. The molecule has 7 heteroatoms. The Morgan fingerprint density at radius 2 is 2.00 bits per heavy atom. The highest BCUT2D eigenvalue weighted by Gasteiger charge is 2.44. The number of H-pyrrole nitrogens is 1. The summed E-state index contributed by atoms with van der Waals surface area (Å²) in [4.78, 5) is 15.1. The van der Waals surface area contributed by atoms with E-state index >= 15 is 0 Å². The average molecular weight is 435 g/mol. The molecule has 2 heterocycles. The van der Waals surface area contributed by atoms with Gasteiger partial charge in [-0.25, -0.2) is 4.39 Å². The van der Waals surface area contributed by atoms with Gasteiger partial charge in [-0.3, -0.25) is 9.89 Å². The normalized spacial score (nSPS) is 19.9. The number of nitrogens with zero attached hydrogens (tertiary/aromatic N) is 2. The number of nitrogens with one attached hydrogen (secondary N) is 1. The van der Waals surface area contributed by atoms with Gasteiger partial charge in [-0.05, 0) is 80.1 Å². The van der Waals surface area contributed by atoms with Crippen LogP contribution in [0.15, 0.2) is 48.7 Å². The fourth-order valence-corrected chi connectivity index (χ4v) is 5.10. The number of carbonyl (C=O) groups is 1. The van der Waals surface area contributed by atoms with Gasteiger partial charge in [0.2, 0.25) is 0 Å². The third kappa shape index (κ3) is 3.77. The van der Waals surface area contributed by atoms with Crippen molar-refractivity contribution in [2.75, 3.05) is 19.6 Å². The number of aromatic nitrogens is 2. The van der Waals surface area contributed by atoms with Gasteiger partial charge in [-0.1, -0.05) is 12.1 Å². The molecule has 1 fully saturated rings. The van der Waals surface area contributed by atoms with E-state index in [-0.39, 0.29) is 16.9 Å². The van der Waals surface area contributed by atoms with Crippen molar-refractivity contribution in [2.45, 2.75) is 37.5 Å². The van der Waals surface area contributed by atoms with Crippen LogP contribution in [0.1, 0.15) is 46.4 Å². The lowest BCUT2D eigenvalue weighted by Gasteiger charge is -2.40. The SMILES string of the molecule is NCCc1ccc(Oc2ccc(F)c(C(=O)N3CCCC4(CCc5cn[nH]c54)C3)c2)cc1. The van der Waals surface area contributed by atoms with E-state index in [9.17, 15) is 9.18 Å². The predicted octanol–water partition coefficient (Wildman–Crippen LogP) is 3.96. The van der Waals surface area contributed by atoms with Crippen molar-refractivity contribution < 1.29 is 13.9 Å². The Labute approximate surface area is 186 Å². The molecule has 0 bridgehead atoms. The number of hydrogen-bond acceptors (Lipinski definition) is 4. The van der Waals surface area contributed by atoms with Crippen molar-refractivity contribution in [3.63, 3.8) is 0 Å². The van der Waals surface area contributed by atoms with Gasteiger partial charge < -0.3 is 15.4 Å². The van der Waals surface area contributed by atoms with Crippen LogP contribution >= 0.6 is 0 Å². The van der Waals surface area contributed by atoms with E-state index < -0.39 is 5.82 Å². The highest BCUT2D eigenvalue weighted by atomic mass is 19.1. The molecular formula is C25H27FN4O2. The number of piperidine rings is 1. The number of benzene rings is 2. The summed E-state index contributed by atoms with van der Waals surface area (Å²) in [6, 6.07) is 12.0. The third-order valence-corrected chi connectivity index (χ3v) is 6.75. The van der Waals surface area contributed by atoms with E-state index in [1.165, 1.54) is 17.7 Å². The Bertz CT molecular complexity index is 1130. The Morgan fingerprint density at radius 1 is 1.19 bits per heavy atom. The fraction of sp³-hybridized carbons (Fsp3) is 0.360. The summed E-state index contributed by atoms with van der Waals surface area (Å²) in [5.41, 5.74) is 9.04. The first kappa shape index (κ1) is 20.7. The van der Waals surface area contributed by atoms with Crippen molar-refractivity contribution in [1.29, 1.82) is 0 Å². The van der Waals surface area contributed by atoms with Gasteiger partial charge in [0.1, 0.15) is 17.3 Å². The molecule has 0 saturated carbocycles. The van der Waals surface area contributed by atoms with E-state index in [0.29, 0.717) is 31.1 Å². The highest BCUT2D eigenvalue weighted by Crippen LogP contribution is 2.44. The minimum absolute atomic E-state index is 0.0436. The lowest BCUT2D eigenvalue weighted by atomic mass is 9.77. The molecule has 0 radical (unpaired) electrons. The van der Waals surface area contributed by atoms with Crippen LogP contribution in [-0.2, 0) is 18.3 Å². The zero-order valence-electron chi connectivity index (χ0n) is 17.9. The molecular weight excluding hydrogens is 407 g/mol. The molecule has 2 aliphatic rings. The van der Waals surface area contributed by atoms with Gasteiger partial charge in [0.25, 0.3) is 5.91 Å². The van der Waals surface area contributed by atoms with Crippen LogP contribution in [0.3, 0.4) is 0 Å². The largest absolute Gasteiger partial charge is 0.457 e. The number of rotatable bonds is 5. The van der Waals surface area contributed by atoms with Gasteiger partial charge in [0.05, 0.1) is 11.8 Å². The summed E-state index contributed by atoms with van der Waals surface area (Å²) >= 11 is 0. The third-order valence-electron chi connectivity index (χ3n) is 6.75.